The quantitative estimate of drug-likeness (QED) is 0.0947. The fraction of sp³-hybridized carbons (Fsp3) is 0.222. The van der Waals surface area contributed by atoms with Gasteiger partial charge in [0.05, 0.1) is 0 Å². The Labute approximate surface area is 232 Å². The molecule has 2 amide bonds. The molecule has 2 aromatic carbocycles. The van der Waals surface area contributed by atoms with Crippen molar-refractivity contribution >= 4 is 51.7 Å². The fourth-order valence-electron chi connectivity index (χ4n) is 4.55. The van der Waals surface area contributed by atoms with E-state index in [9.17, 15) is 19.6 Å². The number of thioether (sulfide) groups is 1. The summed E-state index contributed by atoms with van der Waals surface area (Å²) >= 11 is 2.44. The van der Waals surface area contributed by atoms with Crippen molar-refractivity contribution < 1.29 is 24.3 Å². The summed E-state index contributed by atoms with van der Waals surface area (Å²) in [7, 11) is 0. The number of fused-ring (bicyclic) bond motifs is 1. The number of nitrogens with one attached hydrogen (secondary N) is 1. The molecule has 2 unspecified atom stereocenters. The maximum atomic E-state index is 13.7. The topological polar surface area (TPSA) is 147 Å². The van der Waals surface area contributed by atoms with E-state index in [1.807, 2.05) is 60.7 Å². The van der Waals surface area contributed by atoms with Crippen LogP contribution in [0.15, 0.2) is 83.9 Å². The van der Waals surface area contributed by atoms with Gasteiger partial charge in [0.1, 0.15) is 22.5 Å². The molecule has 2 saturated heterocycles. The second-order valence-electron chi connectivity index (χ2n) is 9.11. The minimum Gasteiger partial charge on any atom is -0.452 e. The van der Waals surface area contributed by atoms with Crippen molar-refractivity contribution in [3.05, 3.63) is 95.5 Å². The van der Waals surface area contributed by atoms with Gasteiger partial charge in [0.25, 0.3) is 5.91 Å². The van der Waals surface area contributed by atoms with Gasteiger partial charge >= 0.3 is 5.97 Å². The van der Waals surface area contributed by atoms with Crippen molar-refractivity contribution in [3.63, 3.8) is 0 Å². The number of nitrogen functional groups attached to an aromatic ring is 1. The van der Waals surface area contributed by atoms with Gasteiger partial charge in [-0.25, -0.2) is 4.98 Å². The molecule has 0 spiro atoms. The Morgan fingerprint density at radius 3 is 2.38 bits per heavy atom. The molecule has 3 heterocycles. The molecule has 39 heavy (non-hydrogen) atoms. The lowest BCUT2D eigenvalue weighted by Gasteiger charge is -2.53. The first kappa shape index (κ1) is 26.4. The molecule has 5 rings (SSSR count). The first-order valence-corrected chi connectivity index (χ1v) is 13.9. The largest absolute Gasteiger partial charge is 0.452 e. The molecule has 0 aliphatic carbocycles. The Balaban J connectivity index is 1.29. The van der Waals surface area contributed by atoms with Crippen LogP contribution in [0.5, 0.6) is 0 Å². The van der Waals surface area contributed by atoms with E-state index >= 15 is 0 Å². The van der Waals surface area contributed by atoms with Gasteiger partial charge in [0.15, 0.2) is 16.9 Å². The van der Waals surface area contributed by atoms with Crippen LogP contribution in [0.2, 0.25) is 0 Å². The SMILES string of the molecule is C=CC1(C(=O)OC(c2ccccc2)c2ccccc2)CS[C@@H]2C(NC(=O)C(=NO)c3csc(N)n3)C(=O)N2C1. The van der Waals surface area contributed by atoms with E-state index in [1.54, 1.807) is 0 Å². The van der Waals surface area contributed by atoms with Gasteiger partial charge in [-0.3, -0.25) is 14.4 Å². The highest BCUT2D eigenvalue weighted by Crippen LogP contribution is 2.44. The minimum absolute atomic E-state index is 0.0675. The summed E-state index contributed by atoms with van der Waals surface area (Å²) in [4.78, 5) is 44.9. The van der Waals surface area contributed by atoms with Crippen molar-refractivity contribution in [2.45, 2.75) is 17.5 Å². The molecule has 2 aliphatic heterocycles. The van der Waals surface area contributed by atoms with E-state index in [0.717, 1.165) is 22.5 Å². The molecule has 0 radical (unpaired) electrons. The summed E-state index contributed by atoms with van der Waals surface area (Å²) in [5.41, 5.74) is 5.89. The van der Waals surface area contributed by atoms with Crippen LogP contribution in [0.1, 0.15) is 22.9 Å². The molecule has 0 saturated carbocycles. The highest BCUT2D eigenvalue weighted by Gasteiger charge is 2.57. The van der Waals surface area contributed by atoms with Crippen molar-refractivity contribution in [2.24, 2.45) is 10.6 Å². The number of aromatic nitrogens is 1. The van der Waals surface area contributed by atoms with Gasteiger partial charge < -0.3 is 25.9 Å². The number of carbonyl (C=O) groups excluding carboxylic acids is 3. The number of amides is 2. The Bertz CT molecular complexity index is 1390. The molecule has 3 atom stereocenters. The first-order chi connectivity index (χ1) is 18.9. The van der Waals surface area contributed by atoms with Crippen LogP contribution in [0.25, 0.3) is 0 Å². The van der Waals surface area contributed by atoms with Gasteiger partial charge in [-0.1, -0.05) is 71.9 Å². The Kier molecular flexibility index (Phi) is 7.40. The van der Waals surface area contributed by atoms with Crippen LogP contribution in [0.3, 0.4) is 0 Å². The van der Waals surface area contributed by atoms with E-state index in [4.69, 9.17) is 10.5 Å². The van der Waals surface area contributed by atoms with E-state index in [1.165, 1.54) is 28.1 Å². The number of nitrogens with two attached hydrogens (primary N) is 1. The molecule has 0 bridgehead atoms. The molecule has 10 nitrogen and oxygen atoms in total. The third-order valence-electron chi connectivity index (χ3n) is 6.70. The number of rotatable bonds is 8. The van der Waals surface area contributed by atoms with Gasteiger partial charge in [-0.15, -0.1) is 29.7 Å². The fourth-order valence-corrected chi connectivity index (χ4v) is 6.63. The van der Waals surface area contributed by atoms with Crippen LogP contribution in [-0.4, -0.2) is 62.3 Å². The monoisotopic (exact) mass is 563 g/mol. The maximum Gasteiger partial charge on any atom is 0.319 e. The second kappa shape index (κ2) is 10.9. The van der Waals surface area contributed by atoms with Gasteiger partial charge in [0, 0.05) is 17.7 Å². The number of oxime groups is 1. The zero-order valence-corrected chi connectivity index (χ0v) is 22.2. The van der Waals surface area contributed by atoms with E-state index in [-0.39, 0.29) is 29.0 Å². The summed E-state index contributed by atoms with van der Waals surface area (Å²) in [6.07, 6.45) is 0.906. The number of hydrogen-bond donors (Lipinski definition) is 3. The summed E-state index contributed by atoms with van der Waals surface area (Å²) in [5, 5.41) is 16.3. The van der Waals surface area contributed by atoms with E-state index < -0.39 is 34.8 Å². The number of ether oxygens (including phenoxy) is 1. The van der Waals surface area contributed by atoms with Gasteiger partial charge in [0.2, 0.25) is 5.91 Å². The lowest BCUT2D eigenvalue weighted by molar-refractivity contribution is -0.162. The normalized spacial score (nSPS) is 22.5. The van der Waals surface area contributed by atoms with Crippen LogP contribution in [0.4, 0.5) is 5.13 Å². The zero-order valence-electron chi connectivity index (χ0n) is 20.6. The first-order valence-electron chi connectivity index (χ1n) is 12.0. The predicted molar refractivity (Wildman–Crippen MR) is 148 cm³/mol. The number of hydrogen-bond acceptors (Lipinski definition) is 10. The standard InChI is InChI=1S/C27H25N5O5S2/c1-2-27(25(35)37-21(16-9-5-3-6-10-16)17-11-7-4-8-12-17)14-32-23(34)20(24(32)39-15-27)30-22(33)19(31-36)18-13-38-26(28)29-18/h2-13,20-21,24,36H,1,14-15H2,(H2,28,29)(H,30,33)/t20?,24-,27?/m1/s1. The molecule has 3 aromatic rings. The number of β-lactam (4-membered cyclic amide) rings is 1. The Morgan fingerprint density at radius 2 is 1.85 bits per heavy atom. The van der Waals surface area contributed by atoms with Crippen molar-refractivity contribution in [2.75, 3.05) is 18.0 Å². The van der Waals surface area contributed by atoms with Crippen molar-refractivity contribution in [1.29, 1.82) is 0 Å². The minimum atomic E-state index is -1.14. The average molecular weight is 564 g/mol. The molecule has 4 N–H and O–H groups in total. The maximum absolute atomic E-state index is 13.7. The molecule has 200 valence electrons. The number of carbonyl (C=O) groups is 3. The van der Waals surface area contributed by atoms with Crippen molar-refractivity contribution in [1.82, 2.24) is 15.2 Å². The predicted octanol–water partition coefficient (Wildman–Crippen LogP) is 2.81. The van der Waals surface area contributed by atoms with E-state index in [0.29, 0.717) is 5.75 Å². The summed E-state index contributed by atoms with van der Waals surface area (Å²) < 4.78 is 6.10. The van der Waals surface area contributed by atoms with Crippen molar-refractivity contribution in [3.8, 4) is 0 Å². The second-order valence-corrected chi connectivity index (χ2v) is 11.1. The zero-order chi connectivity index (χ0) is 27.6. The number of benzene rings is 2. The number of thiazole rings is 1. The average Bonchev–Trinajstić information content (AvgIpc) is 3.40. The smallest absolute Gasteiger partial charge is 0.319 e. The highest BCUT2D eigenvalue weighted by molar-refractivity contribution is 8.00. The van der Waals surface area contributed by atoms with Crippen LogP contribution < -0.4 is 11.1 Å². The molecule has 1 aromatic heterocycles. The molecule has 2 fully saturated rings. The van der Waals surface area contributed by atoms with Gasteiger partial charge in [-0.05, 0) is 11.1 Å². The molecular weight excluding hydrogens is 538 g/mol. The molecular formula is C27H25N5O5S2. The molecule has 2 aliphatic rings. The van der Waals surface area contributed by atoms with Crippen LogP contribution in [0, 0.1) is 5.41 Å². The Hall–Kier alpha value is -4.16. The lowest BCUT2D eigenvalue weighted by Crippen LogP contribution is -2.73. The summed E-state index contributed by atoms with van der Waals surface area (Å²) in [6, 6.07) is 18.0. The number of esters is 1. The highest BCUT2D eigenvalue weighted by atomic mass is 32.2. The summed E-state index contributed by atoms with van der Waals surface area (Å²) in [5.74, 6) is -1.31. The van der Waals surface area contributed by atoms with Crippen LogP contribution >= 0.6 is 23.1 Å². The lowest BCUT2D eigenvalue weighted by atomic mass is 9.87. The number of anilines is 1. The number of nitrogens with zero attached hydrogens (tertiary/aromatic N) is 3. The molecule has 12 heteroatoms. The Morgan fingerprint density at radius 1 is 1.21 bits per heavy atom. The third-order valence-corrected chi connectivity index (χ3v) is 8.92. The van der Waals surface area contributed by atoms with Crippen LogP contribution in [-0.2, 0) is 19.1 Å². The third kappa shape index (κ3) is 5.00. The summed E-state index contributed by atoms with van der Waals surface area (Å²) in [6.45, 7) is 3.96. The van der Waals surface area contributed by atoms with E-state index in [2.05, 4.69) is 22.0 Å². The van der Waals surface area contributed by atoms with Gasteiger partial charge in [-0.2, -0.15) is 0 Å².